The topological polar surface area (TPSA) is 80.7 Å². The second-order valence-electron chi connectivity index (χ2n) is 11.2. The van der Waals surface area contributed by atoms with Crippen LogP contribution in [0.3, 0.4) is 0 Å². The van der Waals surface area contributed by atoms with Crippen LogP contribution in [0.25, 0.3) is 0 Å². The quantitative estimate of drug-likeness (QED) is 0.326. The van der Waals surface area contributed by atoms with E-state index >= 15 is 4.39 Å². The van der Waals surface area contributed by atoms with Crippen LogP contribution in [0.1, 0.15) is 72.6 Å². The number of carbonyl (C=O) groups is 3. The van der Waals surface area contributed by atoms with Crippen LogP contribution >= 0.6 is 0 Å². The summed E-state index contributed by atoms with van der Waals surface area (Å²) in [5.74, 6) is -1.04. The Kier molecular flexibility index (Phi) is 6.75. The van der Waals surface area contributed by atoms with Crippen molar-refractivity contribution < 1.29 is 28.6 Å². The summed E-state index contributed by atoms with van der Waals surface area (Å²) < 4.78 is 20.7. The van der Waals surface area contributed by atoms with Crippen LogP contribution in [0.4, 0.5) is 4.39 Å². The monoisotopic (exact) mass is 472 g/mol. The molecule has 0 heterocycles. The lowest BCUT2D eigenvalue weighted by molar-refractivity contribution is -0.151. The summed E-state index contributed by atoms with van der Waals surface area (Å²) in [6.45, 7) is 7.76. The molecular weight excluding hydrogens is 435 g/mol. The van der Waals surface area contributed by atoms with Crippen molar-refractivity contribution in [1.82, 2.24) is 0 Å². The number of esters is 1. The number of aliphatic hydroxyl groups excluding tert-OH is 1. The van der Waals surface area contributed by atoms with E-state index in [0.29, 0.717) is 18.4 Å². The molecule has 0 aliphatic heterocycles. The minimum atomic E-state index is -1.29. The van der Waals surface area contributed by atoms with Gasteiger partial charge in [0.25, 0.3) is 0 Å². The molecule has 4 rings (SSSR count). The zero-order valence-electron chi connectivity index (χ0n) is 20.7. The number of rotatable bonds is 7. The number of halogens is 1. The molecule has 0 radical (unpaired) electrons. The minimum Gasteiger partial charge on any atom is -0.458 e. The molecule has 5 nitrogen and oxygen atoms in total. The molecule has 34 heavy (non-hydrogen) atoms. The Labute approximate surface area is 201 Å². The highest BCUT2D eigenvalue weighted by atomic mass is 19.1. The normalized spacial score (nSPS) is 38.7. The first-order chi connectivity index (χ1) is 16.0. The number of fused-ring (bicyclic) bond motifs is 4. The molecule has 3 unspecified atom stereocenters. The summed E-state index contributed by atoms with van der Waals surface area (Å²) in [6, 6.07) is 0. The van der Waals surface area contributed by atoms with Gasteiger partial charge in [-0.1, -0.05) is 45.3 Å². The standard InChI is InChI=1S/C28H37FO5/c1-5-6-7-8-24(33)34-15-23(32)25-16(2)11-19-18-13-21(29)20-12-17(30)9-10-27(20,3)26(18)22(31)14-28(19,25)4/h9-10,12,16,19,21-22,25,31H,5-8,11,13-15H2,1-4H3/t16?,19-,21?,22?,25+,27-,28-/m0/s1. The molecule has 0 aromatic rings. The van der Waals surface area contributed by atoms with E-state index in [-0.39, 0.29) is 48.3 Å². The molecule has 0 spiro atoms. The fourth-order valence-corrected chi connectivity index (χ4v) is 7.48. The summed E-state index contributed by atoms with van der Waals surface area (Å²) in [7, 11) is 0. The maximum Gasteiger partial charge on any atom is 0.306 e. The van der Waals surface area contributed by atoms with Gasteiger partial charge >= 0.3 is 5.97 Å². The zero-order chi connectivity index (χ0) is 24.8. The second-order valence-corrected chi connectivity index (χ2v) is 11.2. The molecule has 0 bridgehead atoms. The summed E-state index contributed by atoms with van der Waals surface area (Å²) in [6.07, 6.45) is 6.76. The Bertz CT molecular complexity index is 977. The summed E-state index contributed by atoms with van der Waals surface area (Å²) >= 11 is 0. The Morgan fingerprint density at radius 2 is 2.00 bits per heavy atom. The Balaban J connectivity index is 1.59. The third-order valence-electron chi connectivity index (χ3n) is 8.90. The number of unbranched alkanes of at least 4 members (excludes halogenated alkanes) is 2. The van der Waals surface area contributed by atoms with E-state index in [1.54, 1.807) is 6.08 Å². The van der Waals surface area contributed by atoms with Crippen LogP contribution in [-0.2, 0) is 19.1 Å². The van der Waals surface area contributed by atoms with E-state index < -0.39 is 23.1 Å². The van der Waals surface area contributed by atoms with E-state index in [9.17, 15) is 19.5 Å². The molecule has 1 saturated carbocycles. The van der Waals surface area contributed by atoms with Gasteiger partial charge in [0.2, 0.25) is 0 Å². The van der Waals surface area contributed by atoms with Gasteiger partial charge < -0.3 is 9.84 Å². The Hall–Kier alpha value is -2.08. The van der Waals surface area contributed by atoms with Crippen molar-refractivity contribution in [3.8, 4) is 0 Å². The van der Waals surface area contributed by atoms with Crippen molar-refractivity contribution in [2.45, 2.75) is 84.9 Å². The lowest BCUT2D eigenvalue weighted by Gasteiger charge is -2.52. The van der Waals surface area contributed by atoms with E-state index in [4.69, 9.17) is 4.74 Å². The van der Waals surface area contributed by atoms with Crippen molar-refractivity contribution in [3.63, 3.8) is 0 Å². The lowest BCUT2D eigenvalue weighted by atomic mass is 9.53. The third kappa shape index (κ3) is 4.02. The molecule has 186 valence electrons. The second kappa shape index (κ2) is 9.18. The number of alkyl halides is 1. The molecule has 4 aliphatic rings. The largest absolute Gasteiger partial charge is 0.458 e. The van der Waals surface area contributed by atoms with Gasteiger partial charge in [0.15, 0.2) is 11.6 Å². The van der Waals surface area contributed by atoms with Crippen molar-refractivity contribution in [2.75, 3.05) is 6.61 Å². The fourth-order valence-electron chi connectivity index (χ4n) is 7.48. The summed E-state index contributed by atoms with van der Waals surface area (Å²) in [5, 5.41) is 11.4. The van der Waals surface area contributed by atoms with Gasteiger partial charge in [-0.05, 0) is 66.7 Å². The number of hydrogen-bond donors (Lipinski definition) is 1. The first-order valence-electron chi connectivity index (χ1n) is 12.7. The van der Waals surface area contributed by atoms with Crippen molar-refractivity contribution in [1.29, 1.82) is 0 Å². The van der Waals surface area contributed by atoms with Gasteiger partial charge in [-0.15, -0.1) is 0 Å². The molecule has 0 aromatic carbocycles. The SMILES string of the molecule is CCCCCC(=O)OCC(=O)[C@H]1C(C)C[C@H]2C3=C(C(O)C[C@@]21C)[C@@]1(C)C=CC(=O)C=C1C(F)C3. The van der Waals surface area contributed by atoms with Gasteiger partial charge in [-0.3, -0.25) is 14.4 Å². The van der Waals surface area contributed by atoms with Crippen LogP contribution in [-0.4, -0.2) is 41.5 Å². The van der Waals surface area contributed by atoms with Gasteiger partial charge in [0, 0.05) is 24.2 Å². The van der Waals surface area contributed by atoms with Crippen molar-refractivity contribution in [3.05, 3.63) is 34.9 Å². The Morgan fingerprint density at radius 1 is 1.26 bits per heavy atom. The van der Waals surface area contributed by atoms with Gasteiger partial charge in [-0.2, -0.15) is 0 Å². The van der Waals surface area contributed by atoms with Crippen LogP contribution in [0.2, 0.25) is 0 Å². The molecule has 1 fully saturated rings. The molecule has 7 atom stereocenters. The number of ketones is 2. The van der Waals surface area contributed by atoms with Crippen LogP contribution in [0, 0.1) is 28.6 Å². The molecule has 0 saturated heterocycles. The maximum atomic E-state index is 15.4. The maximum absolute atomic E-state index is 15.4. The van der Waals surface area contributed by atoms with Crippen molar-refractivity contribution in [2.24, 2.45) is 28.6 Å². The van der Waals surface area contributed by atoms with Crippen molar-refractivity contribution >= 4 is 17.5 Å². The highest BCUT2D eigenvalue weighted by Crippen LogP contribution is 2.65. The number of aliphatic hydroxyl groups is 1. The molecule has 6 heteroatoms. The first-order valence-corrected chi connectivity index (χ1v) is 12.7. The zero-order valence-corrected chi connectivity index (χ0v) is 20.7. The van der Waals surface area contributed by atoms with Gasteiger partial charge in [0.05, 0.1) is 6.10 Å². The number of carbonyl (C=O) groups excluding carboxylic acids is 3. The third-order valence-corrected chi connectivity index (χ3v) is 8.90. The number of hydrogen-bond acceptors (Lipinski definition) is 5. The summed E-state index contributed by atoms with van der Waals surface area (Å²) in [4.78, 5) is 37.3. The highest BCUT2D eigenvalue weighted by Gasteiger charge is 2.61. The molecular formula is C28H37FO5. The lowest BCUT2D eigenvalue weighted by Crippen LogP contribution is -2.49. The first kappa shape index (κ1) is 25.0. The average molecular weight is 473 g/mol. The van der Waals surface area contributed by atoms with Gasteiger partial charge in [0.1, 0.15) is 12.8 Å². The average Bonchev–Trinajstić information content (AvgIpc) is 3.03. The van der Waals surface area contributed by atoms with E-state index in [1.165, 1.54) is 12.2 Å². The number of ether oxygens (including phenoxy) is 1. The molecule has 1 N–H and O–H groups in total. The summed E-state index contributed by atoms with van der Waals surface area (Å²) in [5.41, 5.74) is 0.790. The van der Waals surface area contributed by atoms with Gasteiger partial charge in [-0.25, -0.2) is 4.39 Å². The molecule has 4 aliphatic carbocycles. The van der Waals surface area contributed by atoms with E-state index in [2.05, 4.69) is 6.92 Å². The Morgan fingerprint density at radius 3 is 2.71 bits per heavy atom. The number of Topliss-reactive ketones (excluding diaryl/α,β-unsaturated/α-hetero) is 1. The predicted molar refractivity (Wildman–Crippen MR) is 126 cm³/mol. The van der Waals surface area contributed by atoms with Crippen LogP contribution in [0.15, 0.2) is 34.9 Å². The van der Waals surface area contributed by atoms with Crippen LogP contribution in [0.5, 0.6) is 0 Å². The minimum absolute atomic E-state index is 0.0299. The van der Waals surface area contributed by atoms with E-state index in [0.717, 1.165) is 36.8 Å². The molecule has 0 amide bonds. The predicted octanol–water partition coefficient (Wildman–Crippen LogP) is 4.83. The molecule has 0 aromatic heterocycles. The highest BCUT2D eigenvalue weighted by molar-refractivity contribution is 6.01. The fraction of sp³-hybridized carbons (Fsp3) is 0.679. The van der Waals surface area contributed by atoms with E-state index in [1.807, 2.05) is 20.8 Å². The smallest absolute Gasteiger partial charge is 0.306 e. The number of allylic oxidation sites excluding steroid dienone is 5. The van der Waals surface area contributed by atoms with Crippen LogP contribution < -0.4 is 0 Å².